The van der Waals surface area contributed by atoms with Gasteiger partial charge in [0.2, 0.25) is 0 Å². The van der Waals surface area contributed by atoms with Crippen molar-refractivity contribution >= 4 is 11.6 Å². The highest BCUT2D eigenvalue weighted by Crippen LogP contribution is 2.25. The fourth-order valence-corrected chi connectivity index (χ4v) is 1.98. The number of hydrogen-bond acceptors (Lipinski definition) is 3. The van der Waals surface area contributed by atoms with Crippen molar-refractivity contribution in [2.24, 2.45) is 7.05 Å². The van der Waals surface area contributed by atoms with E-state index in [2.05, 4.69) is 20.4 Å². The van der Waals surface area contributed by atoms with Crippen LogP contribution < -0.4 is 5.32 Å². The van der Waals surface area contributed by atoms with Crippen LogP contribution in [-0.2, 0) is 7.05 Å². The van der Waals surface area contributed by atoms with Gasteiger partial charge in [0.1, 0.15) is 11.9 Å². The SMILES string of the molecule is CCNC(c1ncc[nH]1)c1c(Cl)cnn1C. The zero-order chi connectivity index (χ0) is 11.5. The molecule has 0 saturated carbocycles. The monoisotopic (exact) mass is 239 g/mol. The molecule has 5 nitrogen and oxygen atoms in total. The molecule has 1 unspecified atom stereocenters. The van der Waals surface area contributed by atoms with E-state index in [1.807, 2.05) is 14.0 Å². The van der Waals surface area contributed by atoms with E-state index in [1.54, 1.807) is 23.3 Å². The number of rotatable bonds is 4. The van der Waals surface area contributed by atoms with Crippen molar-refractivity contribution in [1.82, 2.24) is 25.1 Å². The number of imidazole rings is 1. The van der Waals surface area contributed by atoms with Gasteiger partial charge in [-0.2, -0.15) is 5.10 Å². The van der Waals surface area contributed by atoms with Gasteiger partial charge in [0, 0.05) is 19.4 Å². The third-order valence-electron chi connectivity index (χ3n) is 2.41. The third kappa shape index (κ3) is 1.96. The van der Waals surface area contributed by atoms with Crippen molar-refractivity contribution in [3.63, 3.8) is 0 Å². The number of aromatic amines is 1. The number of nitrogens with zero attached hydrogens (tertiary/aromatic N) is 3. The minimum Gasteiger partial charge on any atom is -0.347 e. The molecule has 0 radical (unpaired) electrons. The molecule has 2 heterocycles. The van der Waals surface area contributed by atoms with Crippen molar-refractivity contribution in [2.75, 3.05) is 6.54 Å². The zero-order valence-corrected chi connectivity index (χ0v) is 9.99. The molecule has 2 aromatic rings. The van der Waals surface area contributed by atoms with E-state index in [0.717, 1.165) is 18.1 Å². The summed E-state index contributed by atoms with van der Waals surface area (Å²) < 4.78 is 1.76. The lowest BCUT2D eigenvalue weighted by molar-refractivity contribution is 0.553. The van der Waals surface area contributed by atoms with Crippen molar-refractivity contribution in [1.29, 1.82) is 0 Å². The average Bonchev–Trinajstić information content (AvgIpc) is 2.87. The molecule has 2 rings (SSSR count). The van der Waals surface area contributed by atoms with Crippen LogP contribution in [0.1, 0.15) is 24.5 Å². The Balaban J connectivity index is 2.40. The quantitative estimate of drug-likeness (QED) is 0.850. The second-order valence-electron chi connectivity index (χ2n) is 3.47. The molecule has 2 N–H and O–H groups in total. The van der Waals surface area contributed by atoms with Gasteiger partial charge in [-0.05, 0) is 6.54 Å². The Morgan fingerprint density at radius 1 is 1.62 bits per heavy atom. The fraction of sp³-hybridized carbons (Fsp3) is 0.400. The van der Waals surface area contributed by atoms with Crippen LogP contribution in [0.4, 0.5) is 0 Å². The van der Waals surface area contributed by atoms with Crippen molar-refractivity contribution < 1.29 is 0 Å². The van der Waals surface area contributed by atoms with Crippen molar-refractivity contribution in [2.45, 2.75) is 13.0 Å². The van der Waals surface area contributed by atoms with Crippen LogP contribution in [0.15, 0.2) is 18.6 Å². The highest BCUT2D eigenvalue weighted by atomic mass is 35.5. The molecule has 0 aliphatic carbocycles. The normalized spacial score (nSPS) is 12.9. The molecule has 2 aromatic heterocycles. The van der Waals surface area contributed by atoms with Crippen molar-refractivity contribution in [3.8, 4) is 0 Å². The van der Waals surface area contributed by atoms with Crippen LogP contribution >= 0.6 is 11.6 Å². The number of hydrogen-bond donors (Lipinski definition) is 2. The Bertz CT molecular complexity index is 428. The van der Waals surface area contributed by atoms with Gasteiger partial charge in [-0.15, -0.1) is 0 Å². The first kappa shape index (κ1) is 11.2. The van der Waals surface area contributed by atoms with E-state index < -0.39 is 0 Å². The van der Waals surface area contributed by atoms with Crippen LogP contribution in [0.5, 0.6) is 0 Å². The number of nitrogens with one attached hydrogen (secondary N) is 2. The summed E-state index contributed by atoms with van der Waals surface area (Å²) in [4.78, 5) is 7.35. The van der Waals surface area contributed by atoms with Crippen LogP contribution in [0.2, 0.25) is 5.02 Å². The van der Waals surface area contributed by atoms with E-state index in [-0.39, 0.29) is 6.04 Å². The third-order valence-corrected chi connectivity index (χ3v) is 2.70. The van der Waals surface area contributed by atoms with Gasteiger partial charge in [0.25, 0.3) is 0 Å². The maximum absolute atomic E-state index is 6.13. The summed E-state index contributed by atoms with van der Waals surface area (Å²) >= 11 is 6.13. The Hall–Kier alpha value is -1.33. The summed E-state index contributed by atoms with van der Waals surface area (Å²) in [7, 11) is 1.87. The molecular formula is C10H14ClN5. The average molecular weight is 240 g/mol. The number of aromatic nitrogens is 4. The zero-order valence-electron chi connectivity index (χ0n) is 9.24. The molecule has 0 aliphatic heterocycles. The highest BCUT2D eigenvalue weighted by Gasteiger charge is 2.21. The van der Waals surface area contributed by atoms with Crippen LogP contribution in [-0.4, -0.2) is 26.3 Å². The molecule has 0 bridgehead atoms. The summed E-state index contributed by atoms with van der Waals surface area (Å²) in [6.07, 6.45) is 5.16. The van der Waals surface area contributed by atoms with E-state index in [1.165, 1.54) is 0 Å². The van der Waals surface area contributed by atoms with Gasteiger partial charge in [0.15, 0.2) is 0 Å². The molecule has 0 aromatic carbocycles. The number of aryl methyl sites for hydroxylation is 1. The summed E-state index contributed by atoms with van der Waals surface area (Å²) in [6, 6.07) is -0.0556. The number of halogens is 1. The summed E-state index contributed by atoms with van der Waals surface area (Å²) in [6.45, 7) is 2.87. The van der Waals surface area contributed by atoms with Gasteiger partial charge in [-0.3, -0.25) is 4.68 Å². The molecule has 16 heavy (non-hydrogen) atoms. The molecular weight excluding hydrogens is 226 g/mol. The van der Waals surface area contributed by atoms with Crippen LogP contribution in [0.25, 0.3) is 0 Å². The molecule has 1 atom stereocenters. The maximum Gasteiger partial charge on any atom is 0.129 e. The van der Waals surface area contributed by atoms with Crippen LogP contribution in [0, 0.1) is 0 Å². The number of H-pyrrole nitrogens is 1. The Kier molecular flexibility index (Phi) is 3.26. The second-order valence-corrected chi connectivity index (χ2v) is 3.87. The van der Waals surface area contributed by atoms with E-state index in [4.69, 9.17) is 11.6 Å². The summed E-state index contributed by atoms with van der Waals surface area (Å²) in [5, 5.41) is 8.11. The summed E-state index contributed by atoms with van der Waals surface area (Å²) in [5.74, 6) is 0.840. The summed E-state index contributed by atoms with van der Waals surface area (Å²) in [5.41, 5.74) is 0.915. The van der Waals surface area contributed by atoms with E-state index in [0.29, 0.717) is 5.02 Å². The van der Waals surface area contributed by atoms with E-state index in [9.17, 15) is 0 Å². The lowest BCUT2D eigenvalue weighted by atomic mass is 10.2. The molecule has 0 fully saturated rings. The molecule has 0 spiro atoms. The Morgan fingerprint density at radius 2 is 2.44 bits per heavy atom. The molecule has 0 amide bonds. The Morgan fingerprint density at radius 3 is 2.94 bits per heavy atom. The topological polar surface area (TPSA) is 58.5 Å². The highest BCUT2D eigenvalue weighted by molar-refractivity contribution is 6.31. The second kappa shape index (κ2) is 4.67. The van der Waals surface area contributed by atoms with Gasteiger partial charge in [0.05, 0.1) is 16.9 Å². The Labute approximate surface area is 98.8 Å². The largest absolute Gasteiger partial charge is 0.347 e. The van der Waals surface area contributed by atoms with Gasteiger partial charge < -0.3 is 10.3 Å². The fourth-order valence-electron chi connectivity index (χ4n) is 1.71. The van der Waals surface area contributed by atoms with Gasteiger partial charge in [-0.1, -0.05) is 18.5 Å². The molecule has 0 saturated heterocycles. The van der Waals surface area contributed by atoms with Crippen LogP contribution in [0.3, 0.4) is 0 Å². The molecule has 6 heteroatoms. The molecule has 86 valence electrons. The minimum absolute atomic E-state index is 0.0556. The smallest absolute Gasteiger partial charge is 0.129 e. The first-order valence-electron chi connectivity index (χ1n) is 5.14. The minimum atomic E-state index is -0.0556. The lowest BCUT2D eigenvalue weighted by Gasteiger charge is -2.16. The first-order chi connectivity index (χ1) is 7.74. The standard InChI is InChI=1S/C10H14ClN5/c1-3-12-8(10-13-4-5-14-10)9-7(11)6-15-16(9)2/h4-6,8,12H,3H2,1-2H3,(H,13,14). The first-order valence-corrected chi connectivity index (χ1v) is 5.52. The van der Waals surface area contributed by atoms with E-state index >= 15 is 0 Å². The van der Waals surface area contributed by atoms with Gasteiger partial charge >= 0.3 is 0 Å². The predicted molar refractivity (Wildman–Crippen MR) is 62.3 cm³/mol. The van der Waals surface area contributed by atoms with Gasteiger partial charge in [-0.25, -0.2) is 4.98 Å². The van der Waals surface area contributed by atoms with Crippen molar-refractivity contribution in [3.05, 3.63) is 35.1 Å². The maximum atomic E-state index is 6.13. The molecule has 0 aliphatic rings. The lowest BCUT2D eigenvalue weighted by Crippen LogP contribution is -2.25. The predicted octanol–water partition coefficient (Wildman–Crippen LogP) is 1.50.